The summed E-state index contributed by atoms with van der Waals surface area (Å²) in [5.74, 6) is -0.789. The van der Waals surface area contributed by atoms with Gasteiger partial charge in [0, 0.05) is 12.8 Å². The van der Waals surface area contributed by atoms with E-state index in [1.165, 1.54) is 6.08 Å². The fraction of sp³-hybridized carbons (Fsp3) is 0.500. The van der Waals surface area contributed by atoms with Gasteiger partial charge in [-0.15, -0.1) is 0 Å². The molecule has 24 heavy (non-hydrogen) atoms. The Morgan fingerprint density at radius 1 is 1.08 bits per heavy atom. The zero-order valence-electron chi connectivity index (χ0n) is 13.7. The van der Waals surface area contributed by atoms with Gasteiger partial charge >= 0.3 is 0 Å². The molecule has 1 aliphatic carbocycles. The van der Waals surface area contributed by atoms with Crippen molar-refractivity contribution >= 4 is 15.6 Å². The van der Waals surface area contributed by atoms with Crippen LogP contribution in [0.2, 0.25) is 0 Å². The highest BCUT2D eigenvalue weighted by atomic mass is 32.2. The second-order valence-electron chi connectivity index (χ2n) is 6.51. The molecule has 1 saturated heterocycles. The van der Waals surface area contributed by atoms with Crippen LogP contribution in [0.1, 0.15) is 32.6 Å². The highest BCUT2D eigenvalue weighted by Gasteiger charge is 2.46. The highest BCUT2D eigenvalue weighted by molar-refractivity contribution is 7.93. The van der Waals surface area contributed by atoms with E-state index in [9.17, 15) is 13.2 Å². The summed E-state index contributed by atoms with van der Waals surface area (Å²) >= 11 is 0. The molecule has 1 fully saturated rings. The molecule has 0 saturated carbocycles. The van der Waals surface area contributed by atoms with E-state index in [0.717, 1.165) is 0 Å². The minimum absolute atomic E-state index is 0.0338. The van der Waals surface area contributed by atoms with E-state index in [-0.39, 0.29) is 23.5 Å². The van der Waals surface area contributed by atoms with E-state index < -0.39 is 20.4 Å². The van der Waals surface area contributed by atoms with Gasteiger partial charge in [-0.05, 0) is 38.0 Å². The average molecular weight is 350 g/mol. The van der Waals surface area contributed by atoms with E-state index in [0.29, 0.717) is 26.1 Å². The first-order valence-electron chi connectivity index (χ1n) is 8.17. The van der Waals surface area contributed by atoms with Crippen molar-refractivity contribution in [2.75, 3.05) is 13.2 Å². The number of carbonyl (C=O) groups excluding carboxylic acids is 1. The van der Waals surface area contributed by atoms with Gasteiger partial charge in [0.05, 0.1) is 22.9 Å². The van der Waals surface area contributed by atoms with Crippen molar-refractivity contribution in [2.45, 2.75) is 48.0 Å². The summed E-state index contributed by atoms with van der Waals surface area (Å²) in [7, 11) is -3.62. The predicted molar refractivity (Wildman–Crippen MR) is 89.3 cm³/mol. The fourth-order valence-corrected chi connectivity index (χ4v) is 5.26. The molecule has 1 heterocycles. The van der Waals surface area contributed by atoms with Gasteiger partial charge in [-0.2, -0.15) is 0 Å². The van der Waals surface area contributed by atoms with Gasteiger partial charge in [-0.25, -0.2) is 8.42 Å². The largest absolute Gasteiger partial charge is 0.348 e. The maximum atomic E-state index is 13.3. The molecule has 5 nitrogen and oxygen atoms in total. The molecule has 2 aliphatic rings. The van der Waals surface area contributed by atoms with Crippen LogP contribution in [0.3, 0.4) is 0 Å². The predicted octanol–water partition coefficient (Wildman–Crippen LogP) is 2.66. The molecule has 130 valence electrons. The second-order valence-corrected chi connectivity index (χ2v) is 8.80. The molecule has 0 aromatic heterocycles. The third-order valence-electron chi connectivity index (χ3n) is 4.86. The lowest BCUT2D eigenvalue weighted by Crippen LogP contribution is -2.41. The van der Waals surface area contributed by atoms with Crippen molar-refractivity contribution in [1.29, 1.82) is 0 Å². The zero-order valence-corrected chi connectivity index (χ0v) is 14.6. The first kappa shape index (κ1) is 17.3. The molecule has 0 bridgehead atoms. The molecule has 0 amide bonds. The Bertz CT molecular complexity index is 732. The van der Waals surface area contributed by atoms with Crippen molar-refractivity contribution in [2.24, 2.45) is 0 Å². The molecular weight excluding hydrogens is 328 g/mol. The van der Waals surface area contributed by atoms with E-state index in [2.05, 4.69) is 0 Å². The van der Waals surface area contributed by atoms with Crippen LogP contribution in [0.15, 0.2) is 47.4 Å². The summed E-state index contributed by atoms with van der Waals surface area (Å²) in [5.41, 5.74) is 0. The van der Waals surface area contributed by atoms with Gasteiger partial charge in [0.15, 0.2) is 21.4 Å². The molecule has 3 rings (SSSR count). The SMILES string of the molecule is CC1(CC[C@]2(S(=O)(=O)c3ccccc3)C=CC(=O)CC2)OCCO1. The van der Waals surface area contributed by atoms with E-state index in [4.69, 9.17) is 9.47 Å². The smallest absolute Gasteiger partial charge is 0.187 e. The molecular formula is C18H22O5S. The minimum atomic E-state index is -3.62. The lowest BCUT2D eigenvalue weighted by molar-refractivity contribution is -0.148. The monoisotopic (exact) mass is 350 g/mol. The Kier molecular flexibility index (Phi) is 4.64. The maximum absolute atomic E-state index is 13.3. The first-order valence-corrected chi connectivity index (χ1v) is 9.65. The number of rotatable bonds is 5. The summed E-state index contributed by atoms with van der Waals surface area (Å²) in [6.45, 7) is 2.87. The number of benzene rings is 1. The van der Waals surface area contributed by atoms with Crippen molar-refractivity contribution in [3.63, 3.8) is 0 Å². The summed E-state index contributed by atoms with van der Waals surface area (Å²) in [5, 5.41) is 0. The van der Waals surface area contributed by atoms with Crippen LogP contribution in [0.25, 0.3) is 0 Å². The summed E-state index contributed by atoms with van der Waals surface area (Å²) < 4.78 is 36.7. The number of hydrogen-bond acceptors (Lipinski definition) is 5. The first-order chi connectivity index (χ1) is 11.4. The Morgan fingerprint density at radius 3 is 2.33 bits per heavy atom. The Balaban J connectivity index is 1.94. The molecule has 1 aromatic rings. The van der Waals surface area contributed by atoms with Gasteiger partial charge in [0.2, 0.25) is 0 Å². The van der Waals surface area contributed by atoms with Gasteiger partial charge in [-0.1, -0.05) is 24.3 Å². The van der Waals surface area contributed by atoms with Gasteiger partial charge in [0.25, 0.3) is 0 Å². The molecule has 1 aromatic carbocycles. The average Bonchev–Trinajstić information content (AvgIpc) is 3.02. The van der Waals surface area contributed by atoms with Crippen LogP contribution in [-0.4, -0.2) is 37.9 Å². The van der Waals surface area contributed by atoms with Gasteiger partial charge in [-0.3, -0.25) is 4.79 Å². The van der Waals surface area contributed by atoms with Crippen LogP contribution in [0, 0.1) is 0 Å². The van der Waals surface area contributed by atoms with Crippen LogP contribution >= 0.6 is 0 Å². The van der Waals surface area contributed by atoms with E-state index in [1.54, 1.807) is 36.4 Å². The van der Waals surface area contributed by atoms with Crippen molar-refractivity contribution in [3.8, 4) is 0 Å². The molecule has 1 atom stereocenters. The quantitative estimate of drug-likeness (QED) is 0.816. The topological polar surface area (TPSA) is 69.7 Å². The molecule has 0 radical (unpaired) electrons. The second kappa shape index (κ2) is 6.43. The summed E-state index contributed by atoms with van der Waals surface area (Å²) in [6, 6.07) is 8.41. The standard InChI is InChI=1S/C18H22O5S/c1-17(22-13-14-23-17)11-12-18(9-7-15(19)8-10-18)24(20,21)16-5-3-2-4-6-16/h2-7,9H,8,10-14H2,1H3/t18-/m0/s1. The number of sulfone groups is 1. The third kappa shape index (κ3) is 3.18. The zero-order chi connectivity index (χ0) is 17.3. The Hall–Kier alpha value is -1.50. The lowest BCUT2D eigenvalue weighted by Gasteiger charge is -2.35. The number of hydrogen-bond donors (Lipinski definition) is 0. The van der Waals surface area contributed by atoms with Crippen molar-refractivity contribution in [1.82, 2.24) is 0 Å². The van der Waals surface area contributed by atoms with Gasteiger partial charge < -0.3 is 9.47 Å². The minimum Gasteiger partial charge on any atom is -0.348 e. The molecule has 0 unspecified atom stereocenters. The van der Waals surface area contributed by atoms with Crippen LogP contribution < -0.4 is 0 Å². The third-order valence-corrected chi connectivity index (χ3v) is 7.36. The van der Waals surface area contributed by atoms with E-state index >= 15 is 0 Å². The molecule has 0 N–H and O–H groups in total. The Labute approximate surface area is 142 Å². The van der Waals surface area contributed by atoms with Crippen LogP contribution in [0.4, 0.5) is 0 Å². The molecule has 1 aliphatic heterocycles. The van der Waals surface area contributed by atoms with Crippen molar-refractivity contribution < 1.29 is 22.7 Å². The lowest BCUT2D eigenvalue weighted by atomic mass is 9.89. The van der Waals surface area contributed by atoms with Crippen molar-refractivity contribution in [3.05, 3.63) is 42.5 Å². The normalized spacial score (nSPS) is 26.6. The van der Waals surface area contributed by atoms with E-state index in [1.807, 2.05) is 6.92 Å². The number of carbonyl (C=O) groups is 1. The highest BCUT2D eigenvalue weighted by Crippen LogP contribution is 2.40. The number of ether oxygens (including phenoxy) is 2. The Morgan fingerprint density at radius 2 is 1.75 bits per heavy atom. The molecule has 6 heteroatoms. The maximum Gasteiger partial charge on any atom is 0.187 e. The van der Waals surface area contributed by atoms with Crippen LogP contribution in [-0.2, 0) is 24.1 Å². The number of ketones is 1. The summed E-state index contributed by atoms with van der Waals surface area (Å²) in [6.07, 6.45) is 4.31. The molecule has 0 spiro atoms. The summed E-state index contributed by atoms with van der Waals surface area (Å²) in [4.78, 5) is 11.9. The number of allylic oxidation sites excluding steroid dienone is 1. The van der Waals surface area contributed by atoms with Gasteiger partial charge in [0.1, 0.15) is 0 Å². The fourth-order valence-electron chi connectivity index (χ4n) is 3.29. The van der Waals surface area contributed by atoms with Crippen LogP contribution in [0.5, 0.6) is 0 Å².